The van der Waals surface area contributed by atoms with E-state index in [1.807, 2.05) is 11.4 Å². The number of thiophene rings is 1. The van der Waals surface area contributed by atoms with Crippen LogP contribution >= 0.6 is 38.9 Å². The number of nitrogens with zero attached hydrogens (tertiary/aromatic N) is 2. The van der Waals surface area contributed by atoms with E-state index in [1.54, 1.807) is 11.3 Å². The Morgan fingerprint density at radius 1 is 1.45 bits per heavy atom. The van der Waals surface area contributed by atoms with Crippen LogP contribution in [-0.4, -0.2) is 24.3 Å². The maximum Gasteiger partial charge on any atom is 0.246 e. The monoisotopic (exact) mass is 392 g/mol. The van der Waals surface area contributed by atoms with E-state index in [0.717, 1.165) is 12.0 Å². The maximum absolute atomic E-state index is 12.7. The second kappa shape index (κ2) is 5.38. The van der Waals surface area contributed by atoms with Crippen LogP contribution in [0, 0.1) is 0 Å². The van der Waals surface area contributed by atoms with Crippen LogP contribution in [0.4, 0.5) is 0 Å². The minimum Gasteiger partial charge on any atom is -0.242 e. The molecule has 0 atom stereocenters. The Morgan fingerprint density at radius 3 is 3.05 bits per heavy atom. The second-order valence-electron chi connectivity index (χ2n) is 4.40. The number of pyridine rings is 1. The Kier molecular flexibility index (Phi) is 3.89. The standard InChI is InChI=1S/C12H10BrClN2O2S2/c13-9-5-11(12(14)15-6-9)20(17,18)16-3-1-10-8(7-16)2-4-19-10/h2,4-6H,1,3,7H2. The summed E-state index contributed by atoms with van der Waals surface area (Å²) in [6, 6.07) is 3.47. The van der Waals surface area contributed by atoms with Gasteiger partial charge in [0.1, 0.15) is 10.0 Å². The first-order valence-corrected chi connectivity index (χ1v) is 9.34. The van der Waals surface area contributed by atoms with Gasteiger partial charge in [-0.1, -0.05) is 11.6 Å². The van der Waals surface area contributed by atoms with E-state index in [-0.39, 0.29) is 10.0 Å². The molecule has 0 amide bonds. The zero-order valence-corrected chi connectivity index (χ0v) is 14.2. The quantitative estimate of drug-likeness (QED) is 0.736. The normalized spacial score (nSPS) is 16.1. The Morgan fingerprint density at radius 2 is 2.25 bits per heavy atom. The molecule has 0 spiro atoms. The van der Waals surface area contributed by atoms with Gasteiger partial charge in [0.2, 0.25) is 10.0 Å². The number of halogens is 2. The summed E-state index contributed by atoms with van der Waals surface area (Å²) < 4.78 is 27.4. The summed E-state index contributed by atoms with van der Waals surface area (Å²) in [5, 5.41) is 2.00. The van der Waals surface area contributed by atoms with Crippen LogP contribution in [0.3, 0.4) is 0 Å². The molecule has 4 nitrogen and oxygen atoms in total. The van der Waals surface area contributed by atoms with E-state index >= 15 is 0 Å². The van der Waals surface area contributed by atoms with Crippen molar-refractivity contribution in [3.8, 4) is 0 Å². The number of rotatable bonds is 2. The predicted octanol–water partition coefficient (Wildman–Crippen LogP) is 3.31. The van der Waals surface area contributed by atoms with Gasteiger partial charge in [0.25, 0.3) is 0 Å². The summed E-state index contributed by atoms with van der Waals surface area (Å²) in [6.07, 6.45) is 2.22. The second-order valence-corrected chi connectivity index (χ2v) is 8.58. The van der Waals surface area contributed by atoms with Crippen molar-refractivity contribution in [1.29, 1.82) is 0 Å². The number of fused-ring (bicyclic) bond motifs is 1. The molecule has 20 heavy (non-hydrogen) atoms. The van der Waals surface area contributed by atoms with Gasteiger partial charge in [0, 0.05) is 28.6 Å². The molecule has 1 aliphatic heterocycles. The maximum atomic E-state index is 12.7. The van der Waals surface area contributed by atoms with Crippen molar-refractivity contribution in [2.45, 2.75) is 17.9 Å². The SMILES string of the molecule is O=S(=O)(c1cc(Br)cnc1Cl)N1CCc2sccc2C1. The topological polar surface area (TPSA) is 50.3 Å². The molecule has 0 aromatic carbocycles. The smallest absolute Gasteiger partial charge is 0.242 e. The molecule has 3 rings (SSSR count). The van der Waals surface area contributed by atoms with Crippen LogP contribution < -0.4 is 0 Å². The summed E-state index contributed by atoms with van der Waals surface area (Å²) in [6.45, 7) is 0.864. The molecule has 2 aromatic rings. The van der Waals surface area contributed by atoms with Gasteiger partial charge < -0.3 is 0 Å². The van der Waals surface area contributed by atoms with E-state index in [1.165, 1.54) is 21.4 Å². The highest BCUT2D eigenvalue weighted by Gasteiger charge is 2.31. The number of aromatic nitrogens is 1. The zero-order chi connectivity index (χ0) is 14.3. The number of sulfonamides is 1. The molecule has 0 fully saturated rings. The first-order chi connectivity index (χ1) is 9.48. The lowest BCUT2D eigenvalue weighted by Gasteiger charge is -2.26. The molecule has 0 saturated carbocycles. The molecule has 0 radical (unpaired) electrons. The third-order valence-electron chi connectivity index (χ3n) is 3.16. The minimum absolute atomic E-state index is 0.00400. The van der Waals surface area contributed by atoms with Crippen LogP contribution in [0.1, 0.15) is 10.4 Å². The fraction of sp³-hybridized carbons (Fsp3) is 0.250. The van der Waals surface area contributed by atoms with Gasteiger partial charge in [-0.2, -0.15) is 4.31 Å². The van der Waals surface area contributed by atoms with E-state index in [4.69, 9.17) is 11.6 Å². The van der Waals surface area contributed by atoms with Crippen molar-refractivity contribution < 1.29 is 8.42 Å². The molecule has 1 aliphatic rings. The van der Waals surface area contributed by atoms with Crippen LogP contribution in [-0.2, 0) is 23.0 Å². The molecule has 3 heterocycles. The number of hydrogen-bond acceptors (Lipinski definition) is 4. The Hall–Kier alpha value is -0.470. The summed E-state index contributed by atoms with van der Waals surface area (Å²) in [5.74, 6) is 0. The van der Waals surface area contributed by atoms with Crippen molar-refractivity contribution in [3.05, 3.63) is 43.8 Å². The molecule has 8 heteroatoms. The fourth-order valence-corrected chi connectivity index (χ4v) is 5.38. The van der Waals surface area contributed by atoms with Gasteiger partial charge >= 0.3 is 0 Å². The lowest BCUT2D eigenvalue weighted by atomic mass is 10.1. The largest absolute Gasteiger partial charge is 0.246 e. The Labute approximate surface area is 134 Å². The van der Waals surface area contributed by atoms with Crippen LogP contribution in [0.5, 0.6) is 0 Å². The number of hydrogen-bond donors (Lipinski definition) is 0. The molecule has 0 aliphatic carbocycles. The van der Waals surface area contributed by atoms with Gasteiger partial charge in [-0.05, 0) is 45.4 Å². The van der Waals surface area contributed by atoms with Gasteiger partial charge in [0.05, 0.1) is 0 Å². The molecule has 0 saturated heterocycles. The van der Waals surface area contributed by atoms with Crippen LogP contribution in [0.15, 0.2) is 33.1 Å². The lowest BCUT2D eigenvalue weighted by molar-refractivity contribution is 0.394. The first kappa shape index (κ1) is 14.5. The summed E-state index contributed by atoms with van der Waals surface area (Å²) in [7, 11) is -3.62. The van der Waals surface area contributed by atoms with Gasteiger partial charge in [-0.25, -0.2) is 13.4 Å². The van der Waals surface area contributed by atoms with Gasteiger partial charge in [-0.15, -0.1) is 11.3 Å². The lowest BCUT2D eigenvalue weighted by Crippen LogP contribution is -2.35. The Balaban J connectivity index is 1.99. The van der Waals surface area contributed by atoms with Crippen molar-refractivity contribution in [3.63, 3.8) is 0 Å². The molecule has 0 bridgehead atoms. The highest BCUT2D eigenvalue weighted by atomic mass is 79.9. The first-order valence-electron chi connectivity index (χ1n) is 5.85. The molecule has 106 valence electrons. The third kappa shape index (κ3) is 2.53. The van der Waals surface area contributed by atoms with Crippen molar-refractivity contribution in [2.75, 3.05) is 6.54 Å². The van der Waals surface area contributed by atoms with Crippen molar-refractivity contribution in [1.82, 2.24) is 9.29 Å². The van der Waals surface area contributed by atoms with Crippen molar-refractivity contribution >= 4 is 48.9 Å². The third-order valence-corrected chi connectivity index (χ3v) is 6.89. The average Bonchev–Trinajstić information content (AvgIpc) is 2.88. The minimum atomic E-state index is -3.62. The van der Waals surface area contributed by atoms with Crippen molar-refractivity contribution in [2.24, 2.45) is 0 Å². The van der Waals surface area contributed by atoms with Gasteiger partial charge in [0.15, 0.2) is 0 Å². The van der Waals surface area contributed by atoms with Crippen LogP contribution in [0.2, 0.25) is 5.15 Å². The average molecular weight is 394 g/mol. The molecular formula is C12H10BrClN2O2S2. The van der Waals surface area contributed by atoms with E-state index in [9.17, 15) is 8.42 Å². The van der Waals surface area contributed by atoms with E-state index in [0.29, 0.717) is 17.6 Å². The summed E-state index contributed by atoms with van der Waals surface area (Å²) >= 11 is 10.8. The van der Waals surface area contributed by atoms with Gasteiger partial charge in [-0.3, -0.25) is 0 Å². The summed E-state index contributed by atoms with van der Waals surface area (Å²) in [5.41, 5.74) is 1.07. The molecule has 0 N–H and O–H groups in total. The highest BCUT2D eigenvalue weighted by molar-refractivity contribution is 9.10. The van der Waals surface area contributed by atoms with Crippen LogP contribution in [0.25, 0.3) is 0 Å². The molecule has 2 aromatic heterocycles. The molecular weight excluding hydrogens is 384 g/mol. The van der Waals surface area contributed by atoms with E-state index < -0.39 is 10.0 Å². The molecule has 0 unspecified atom stereocenters. The highest BCUT2D eigenvalue weighted by Crippen LogP contribution is 2.31. The summed E-state index contributed by atoms with van der Waals surface area (Å²) in [4.78, 5) is 5.20. The zero-order valence-electron chi connectivity index (χ0n) is 10.2. The van der Waals surface area contributed by atoms with E-state index in [2.05, 4.69) is 20.9 Å². The Bertz CT molecular complexity index is 761. The fourth-order valence-electron chi connectivity index (χ4n) is 2.15. The predicted molar refractivity (Wildman–Crippen MR) is 82.6 cm³/mol.